The first kappa shape index (κ1) is 9.01. The van der Waals surface area contributed by atoms with Crippen molar-refractivity contribution in [2.45, 2.75) is 32.7 Å². The topological polar surface area (TPSA) is 17.3 Å². The van der Waals surface area contributed by atoms with Crippen molar-refractivity contribution in [3.63, 3.8) is 0 Å². The minimum absolute atomic E-state index is 0.822. The van der Waals surface area contributed by atoms with Crippen molar-refractivity contribution >= 4 is 0 Å². The number of piperidine rings is 1. The molecule has 1 aliphatic rings. The highest BCUT2D eigenvalue weighted by molar-refractivity contribution is 4.75. The molecule has 65 valence electrons. The molecule has 2 nitrogen and oxygen atoms in total. The van der Waals surface area contributed by atoms with E-state index in [9.17, 15) is 0 Å². The van der Waals surface area contributed by atoms with Crippen molar-refractivity contribution in [3.8, 4) is 0 Å². The molecule has 0 aromatic rings. The lowest BCUT2D eigenvalue weighted by Crippen LogP contribution is -2.40. The van der Waals surface area contributed by atoms with E-state index in [0.29, 0.717) is 0 Å². The van der Waals surface area contributed by atoms with Crippen LogP contribution in [0.2, 0.25) is 0 Å². The van der Waals surface area contributed by atoms with Gasteiger partial charge in [-0.15, -0.1) is 0 Å². The Morgan fingerprint density at radius 3 is 2.18 bits per heavy atom. The summed E-state index contributed by atoms with van der Waals surface area (Å²) in [7, 11) is 0. The van der Waals surface area contributed by atoms with Crippen LogP contribution in [0.3, 0.4) is 0 Å². The van der Waals surface area contributed by atoms with E-state index in [0.717, 1.165) is 19.1 Å². The highest BCUT2D eigenvalue weighted by Crippen LogP contribution is 2.11. The van der Waals surface area contributed by atoms with E-state index in [2.05, 4.69) is 24.1 Å². The molecule has 0 atom stereocenters. The van der Waals surface area contributed by atoms with Gasteiger partial charge in [0.1, 0.15) is 0 Å². The summed E-state index contributed by atoms with van der Waals surface area (Å²) in [6.45, 7) is 9.05. The fraction of sp³-hybridized carbons (Fsp3) is 1.00. The van der Waals surface area contributed by atoms with Gasteiger partial charge in [-0.2, -0.15) is 0 Å². The van der Waals surface area contributed by atoms with E-state index in [1.54, 1.807) is 0 Å². The van der Waals surface area contributed by atoms with Gasteiger partial charge in [0, 0.05) is 19.1 Å². The SMILES string of the molecule is CCN(CC)C1CC[N]CC1. The summed E-state index contributed by atoms with van der Waals surface area (Å²) in [5.74, 6) is 0. The van der Waals surface area contributed by atoms with Gasteiger partial charge in [0.15, 0.2) is 0 Å². The Kier molecular flexibility index (Phi) is 3.87. The summed E-state index contributed by atoms with van der Waals surface area (Å²) in [5, 5.41) is 4.35. The molecule has 0 N–H and O–H groups in total. The van der Waals surface area contributed by atoms with E-state index in [-0.39, 0.29) is 0 Å². The first-order valence-electron chi connectivity index (χ1n) is 4.75. The summed E-state index contributed by atoms with van der Waals surface area (Å²) in [4.78, 5) is 2.55. The molecule has 0 unspecified atom stereocenters. The van der Waals surface area contributed by atoms with Crippen molar-refractivity contribution in [2.24, 2.45) is 0 Å². The fourth-order valence-corrected chi connectivity index (χ4v) is 1.84. The Morgan fingerprint density at radius 1 is 1.18 bits per heavy atom. The normalized spacial score (nSPS) is 21.0. The quantitative estimate of drug-likeness (QED) is 0.596. The molecule has 11 heavy (non-hydrogen) atoms. The smallest absolute Gasteiger partial charge is 0.0148 e. The molecule has 1 fully saturated rings. The molecule has 0 aliphatic carbocycles. The number of nitrogens with zero attached hydrogens (tertiary/aromatic N) is 2. The van der Waals surface area contributed by atoms with Gasteiger partial charge in [0.2, 0.25) is 0 Å². The minimum atomic E-state index is 0.822. The second kappa shape index (κ2) is 4.73. The summed E-state index contributed by atoms with van der Waals surface area (Å²) in [6.07, 6.45) is 2.56. The Labute approximate surface area is 70.0 Å². The zero-order chi connectivity index (χ0) is 8.10. The van der Waals surface area contributed by atoms with Crippen LogP contribution in [-0.4, -0.2) is 37.1 Å². The van der Waals surface area contributed by atoms with Gasteiger partial charge in [-0.05, 0) is 25.9 Å². The first-order chi connectivity index (χ1) is 5.38. The van der Waals surface area contributed by atoms with Crippen LogP contribution in [0.15, 0.2) is 0 Å². The number of hydrogen-bond donors (Lipinski definition) is 0. The van der Waals surface area contributed by atoms with Crippen molar-refractivity contribution in [3.05, 3.63) is 0 Å². The van der Waals surface area contributed by atoms with Gasteiger partial charge in [-0.3, -0.25) is 0 Å². The Bertz CT molecular complexity index is 93.7. The van der Waals surface area contributed by atoms with Crippen LogP contribution in [0.25, 0.3) is 0 Å². The molecule has 1 aliphatic heterocycles. The van der Waals surface area contributed by atoms with Crippen LogP contribution in [0, 0.1) is 0 Å². The van der Waals surface area contributed by atoms with E-state index in [4.69, 9.17) is 0 Å². The number of hydrogen-bond acceptors (Lipinski definition) is 1. The third-order valence-corrected chi connectivity index (χ3v) is 2.57. The third-order valence-electron chi connectivity index (χ3n) is 2.57. The van der Waals surface area contributed by atoms with Crippen LogP contribution in [0.5, 0.6) is 0 Å². The standard InChI is InChI=1S/C9H19N2/c1-3-11(4-2)9-5-7-10-8-6-9/h9H,3-8H2,1-2H3. The second-order valence-corrected chi connectivity index (χ2v) is 3.12. The molecule has 0 bridgehead atoms. The average molecular weight is 155 g/mol. The maximum atomic E-state index is 4.35. The van der Waals surface area contributed by atoms with Crippen LogP contribution in [0.1, 0.15) is 26.7 Å². The van der Waals surface area contributed by atoms with Gasteiger partial charge in [0.05, 0.1) is 0 Å². The van der Waals surface area contributed by atoms with Gasteiger partial charge < -0.3 is 4.90 Å². The Hall–Kier alpha value is -0.0800. The van der Waals surface area contributed by atoms with Crippen molar-refractivity contribution in [2.75, 3.05) is 26.2 Å². The van der Waals surface area contributed by atoms with Crippen LogP contribution >= 0.6 is 0 Å². The summed E-state index contributed by atoms with van der Waals surface area (Å²) < 4.78 is 0. The molecule has 1 heterocycles. The molecular weight excluding hydrogens is 136 g/mol. The largest absolute Gasteiger partial charge is 0.301 e. The van der Waals surface area contributed by atoms with Crippen molar-refractivity contribution < 1.29 is 0 Å². The molecule has 0 aromatic heterocycles. The maximum Gasteiger partial charge on any atom is 0.0148 e. The molecular formula is C9H19N2. The van der Waals surface area contributed by atoms with E-state index in [1.165, 1.54) is 25.9 Å². The van der Waals surface area contributed by atoms with Crippen LogP contribution in [0.4, 0.5) is 0 Å². The molecule has 1 rings (SSSR count). The third kappa shape index (κ3) is 2.46. The zero-order valence-electron chi connectivity index (χ0n) is 7.71. The summed E-state index contributed by atoms with van der Waals surface area (Å²) in [5.41, 5.74) is 0. The lowest BCUT2D eigenvalue weighted by molar-refractivity contribution is 0.177. The predicted molar refractivity (Wildman–Crippen MR) is 47.8 cm³/mol. The fourth-order valence-electron chi connectivity index (χ4n) is 1.84. The van der Waals surface area contributed by atoms with Gasteiger partial charge in [-0.25, -0.2) is 5.32 Å². The zero-order valence-corrected chi connectivity index (χ0v) is 7.71. The van der Waals surface area contributed by atoms with E-state index < -0.39 is 0 Å². The molecule has 1 radical (unpaired) electrons. The van der Waals surface area contributed by atoms with Crippen molar-refractivity contribution in [1.82, 2.24) is 10.2 Å². The van der Waals surface area contributed by atoms with Gasteiger partial charge in [0.25, 0.3) is 0 Å². The molecule has 0 amide bonds. The second-order valence-electron chi connectivity index (χ2n) is 3.12. The minimum Gasteiger partial charge on any atom is -0.301 e. The van der Waals surface area contributed by atoms with E-state index in [1.807, 2.05) is 0 Å². The first-order valence-corrected chi connectivity index (χ1v) is 4.75. The molecule has 0 saturated carbocycles. The summed E-state index contributed by atoms with van der Waals surface area (Å²) in [6, 6.07) is 0.822. The predicted octanol–water partition coefficient (Wildman–Crippen LogP) is 1.09. The highest BCUT2D eigenvalue weighted by atomic mass is 15.2. The molecule has 0 aromatic carbocycles. The number of rotatable bonds is 3. The lowest BCUT2D eigenvalue weighted by atomic mass is 10.1. The van der Waals surface area contributed by atoms with Gasteiger partial charge >= 0.3 is 0 Å². The highest BCUT2D eigenvalue weighted by Gasteiger charge is 2.17. The van der Waals surface area contributed by atoms with Crippen molar-refractivity contribution in [1.29, 1.82) is 0 Å². The van der Waals surface area contributed by atoms with E-state index >= 15 is 0 Å². The summed E-state index contributed by atoms with van der Waals surface area (Å²) >= 11 is 0. The average Bonchev–Trinajstić information content (AvgIpc) is 2.09. The molecule has 1 saturated heterocycles. The maximum absolute atomic E-state index is 4.35. The Balaban J connectivity index is 2.30. The Morgan fingerprint density at radius 2 is 1.73 bits per heavy atom. The van der Waals surface area contributed by atoms with Gasteiger partial charge in [-0.1, -0.05) is 13.8 Å². The molecule has 0 spiro atoms. The molecule has 2 heteroatoms. The van der Waals surface area contributed by atoms with Crippen LogP contribution < -0.4 is 5.32 Å². The monoisotopic (exact) mass is 155 g/mol. The lowest BCUT2D eigenvalue weighted by Gasteiger charge is -2.32. The van der Waals surface area contributed by atoms with Crippen LogP contribution in [-0.2, 0) is 0 Å².